The number of ether oxygens (including phenoxy) is 2. The Morgan fingerprint density at radius 1 is 1.23 bits per heavy atom. The third kappa shape index (κ3) is 3.80. The lowest BCUT2D eigenvalue weighted by Gasteiger charge is -2.51. The first kappa shape index (κ1) is 19.0. The van der Waals surface area contributed by atoms with Crippen molar-refractivity contribution in [1.29, 1.82) is 0 Å². The zero-order valence-electron chi connectivity index (χ0n) is 15.9. The van der Waals surface area contributed by atoms with Crippen LogP contribution in [-0.4, -0.2) is 40.9 Å². The average Bonchev–Trinajstić information content (AvgIpc) is 2.51. The molecule has 2 saturated heterocycles. The Bertz CT molecular complexity index is 671. The van der Waals surface area contributed by atoms with Gasteiger partial charge in [-0.05, 0) is 57.7 Å². The molecule has 2 atom stereocenters. The van der Waals surface area contributed by atoms with Crippen LogP contribution >= 0.6 is 0 Å². The fourth-order valence-corrected chi connectivity index (χ4v) is 4.23. The third-order valence-electron chi connectivity index (χ3n) is 5.26. The molecule has 144 valence electrons. The fourth-order valence-electron chi connectivity index (χ4n) is 4.23. The molecule has 2 fully saturated rings. The van der Waals surface area contributed by atoms with Gasteiger partial charge in [0.1, 0.15) is 17.2 Å². The summed E-state index contributed by atoms with van der Waals surface area (Å²) in [7, 11) is 1.47. The molecule has 1 aromatic carbocycles. The Kier molecular flexibility index (Phi) is 4.90. The molecular weight excluding hydrogens is 337 g/mol. The van der Waals surface area contributed by atoms with Crippen LogP contribution in [0.4, 0.5) is 9.18 Å². The van der Waals surface area contributed by atoms with E-state index in [2.05, 4.69) is 0 Å². The highest BCUT2D eigenvalue weighted by Gasteiger charge is 2.49. The Hall–Kier alpha value is -1.82. The van der Waals surface area contributed by atoms with Gasteiger partial charge in [-0.1, -0.05) is 0 Å². The molecule has 2 aliphatic heterocycles. The maximum Gasteiger partial charge on any atom is 0.410 e. The molecule has 1 aromatic rings. The molecule has 0 spiro atoms. The van der Waals surface area contributed by atoms with Crippen molar-refractivity contribution in [2.24, 2.45) is 0 Å². The molecule has 2 bridgehead atoms. The van der Waals surface area contributed by atoms with Gasteiger partial charge in [-0.3, -0.25) is 0 Å². The number of hydrogen-bond acceptors (Lipinski definition) is 4. The SMILES string of the molecule is COc1cc(F)cc(C2(O)CC3CCCC(C2)N3C(=O)OC(C)(C)C)c1. The third-order valence-corrected chi connectivity index (χ3v) is 5.26. The predicted molar refractivity (Wildman–Crippen MR) is 95.6 cm³/mol. The van der Waals surface area contributed by atoms with Crippen LogP contribution in [-0.2, 0) is 10.3 Å². The van der Waals surface area contributed by atoms with Gasteiger partial charge in [0.2, 0.25) is 0 Å². The Labute approximate surface area is 154 Å². The Balaban J connectivity index is 1.87. The summed E-state index contributed by atoms with van der Waals surface area (Å²) in [6.07, 6.45) is 3.04. The average molecular weight is 365 g/mol. The number of methoxy groups -OCH3 is 1. The molecule has 2 unspecified atom stereocenters. The van der Waals surface area contributed by atoms with Crippen LogP contribution in [0.25, 0.3) is 0 Å². The number of fused-ring (bicyclic) bond motifs is 2. The lowest BCUT2D eigenvalue weighted by atomic mass is 9.72. The van der Waals surface area contributed by atoms with E-state index in [-0.39, 0.29) is 18.2 Å². The number of carbonyl (C=O) groups is 1. The first-order valence-corrected chi connectivity index (χ1v) is 9.20. The van der Waals surface area contributed by atoms with E-state index in [0.29, 0.717) is 24.2 Å². The van der Waals surface area contributed by atoms with Crippen molar-refractivity contribution in [3.63, 3.8) is 0 Å². The molecule has 5 nitrogen and oxygen atoms in total. The Morgan fingerprint density at radius 3 is 2.38 bits per heavy atom. The number of rotatable bonds is 2. The van der Waals surface area contributed by atoms with E-state index in [1.165, 1.54) is 19.2 Å². The normalized spacial score (nSPS) is 28.6. The van der Waals surface area contributed by atoms with Gasteiger partial charge in [0.15, 0.2) is 0 Å². The number of benzene rings is 1. The lowest BCUT2D eigenvalue weighted by molar-refractivity contribution is -0.0967. The molecule has 1 N–H and O–H groups in total. The fraction of sp³-hybridized carbons (Fsp3) is 0.650. The van der Waals surface area contributed by atoms with Crippen molar-refractivity contribution in [2.75, 3.05) is 7.11 Å². The zero-order chi connectivity index (χ0) is 19.1. The van der Waals surface area contributed by atoms with Crippen molar-refractivity contribution >= 4 is 6.09 Å². The monoisotopic (exact) mass is 365 g/mol. The number of piperidine rings is 2. The minimum atomic E-state index is -1.18. The predicted octanol–water partition coefficient (Wildman–Crippen LogP) is 3.97. The van der Waals surface area contributed by atoms with Gasteiger partial charge in [-0.25, -0.2) is 9.18 Å². The molecule has 0 radical (unpaired) electrons. The second-order valence-corrected chi connectivity index (χ2v) is 8.45. The first-order chi connectivity index (χ1) is 12.1. The van der Waals surface area contributed by atoms with Gasteiger partial charge >= 0.3 is 6.09 Å². The summed E-state index contributed by atoms with van der Waals surface area (Å²) in [5.74, 6) is -0.0549. The molecule has 0 saturated carbocycles. The lowest BCUT2D eigenvalue weighted by Crippen LogP contribution is -2.59. The second-order valence-electron chi connectivity index (χ2n) is 8.45. The molecule has 2 aliphatic rings. The zero-order valence-corrected chi connectivity index (χ0v) is 15.9. The maximum atomic E-state index is 13.9. The summed E-state index contributed by atoms with van der Waals surface area (Å²) in [5, 5.41) is 11.3. The number of aliphatic hydroxyl groups is 1. The molecule has 2 heterocycles. The van der Waals surface area contributed by atoms with Crippen LogP contribution in [0.3, 0.4) is 0 Å². The molecule has 3 rings (SSSR count). The summed E-state index contributed by atoms with van der Waals surface area (Å²) < 4.78 is 24.7. The van der Waals surface area contributed by atoms with Crippen LogP contribution in [0.15, 0.2) is 18.2 Å². The van der Waals surface area contributed by atoms with E-state index in [9.17, 15) is 14.3 Å². The largest absolute Gasteiger partial charge is 0.497 e. The summed E-state index contributed by atoms with van der Waals surface area (Å²) >= 11 is 0. The van der Waals surface area contributed by atoms with Crippen molar-refractivity contribution in [1.82, 2.24) is 4.90 Å². The van der Waals surface area contributed by atoms with Gasteiger partial charge in [-0.2, -0.15) is 0 Å². The van der Waals surface area contributed by atoms with Crippen molar-refractivity contribution in [2.45, 2.75) is 76.2 Å². The highest BCUT2D eigenvalue weighted by atomic mass is 19.1. The smallest absolute Gasteiger partial charge is 0.410 e. The number of carbonyl (C=O) groups excluding carboxylic acids is 1. The molecular formula is C20H28FNO4. The van der Waals surface area contributed by atoms with E-state index in [0.717, 1.165) is 19.3 Å². The van der Waals surface area contributed by atoms with Gasteiger partial charge in [-0.15, -0.1) is 0 Å². The number of halogens is 1. The minimum absolute atomic E-state index is 0.114. The van der Waals surface area contributed by atoms with E-state index in [1.807, 2.05) is 20.8 Å². The minimum Gasteiger partial charge on any atom is -0.497 e. The van der Waals surface area contributed by atoms with E-state index < -0.39 is 17.0 Å². The van der Waals surface area contributed by atoms with Crippen LogP contribution in [0.5, 0.6) is 5.75 Å². The Morgan fingerprint density at radius 2 is 1.85 bits per heavy atom. The van der Waals surface area contributed by atoms with E-state index >= 15 is 0 Å². The molecule has 1 amide bonds. The van der Waals surface area contributed by atoms with Crippen LogP contribution in [0, 0.1) is 5.82 Å². The van der Waals surface area contributed by atoms with Gasteiger partial charge in [0.05, 0.1) is 12.7 Å². The molecule has 6 heteroatoms. The number of nitrogens with zero attached hydrogens (tertiary/aromatic N) is 1. The molecule has 0 aromatic heterocycles. The maximum absolute atomic E-state index is 13.9. The topological polar surface area (TPSA) is 59.0 Å². The number of amides is 1. The summed E-state index contributed by atoms with van der Waals surface area (Å²) in [5.41, 5.74) is -1.23. The van der Waals surface area contributed by atoms with Crippen LogP contribution in [0.1, 0.15) is 58.4 Å². The van der Waals surface area contributed by atoms with E-state index in [4.69, 9.17) is 9.47 Å². The molecule has 26 heavy (non-hydrogen) atoms. The van der Waals surface area contributed by atoms with Crippen molar-refractivity contribution in [3.8, 4) is 5.75 Å². The highest BCUT2D eigenvalue weighted by molar-refractivity contribution is 5.69. The van der Waals surface area contributed by atoms with Gasteiger partial charge in [0.25, 0.3) is 0 Å². The second kappa shape index (κ2) is 6.72. The van der Waals surface area contributed by atoms with Crippen molar-refractivity contribution < 1.29 is 23.8 Å². The molecule has 0 aliphatic carbocycles. The number of hydrogen-bond donors (Lipinski definition) is 1. The quantitative estimate of drug-likeness (QED) is 0.861. The van der Waals surface area contributed by atoms with E-state index in [1.54, 1.807) is 11.0 Å². The standard InChI is InChI=1S/C20H28FNO4/c1-19(2,3)26-18(23)22-15-6-5-7-16(22)12-20(24,11-15)13-8-14(21)10-17(9-13)25-4/h8-10,15-16,24H,5-7,11-12H2,1-4H3. The summed E-state index contributed by atoms with van der Waals surface area (Å²) in [6, 6.07) is 4.11. The van der Waals surface area contributed by atoms with Crippen LogP contribution < -0.4 is 4.74 Å². The van der Waals surface area contributed by atoms with Gasteiger partial charge in [0, 0.05) is 31.0 Å². The van der Waals surface area contributed by atoms with Crippen LogP contribution in [0.2, 0.25) is 0 Å². The first-order valence-electron chi connectivity index (χ1n) is 9.20. The summed E-state index contributed by atoms with van der Waals surface area (Å²) in [4.78, 5) is 14.5. The highest BCUT2D eigenvalue weighted by Crippen LogP contribution is 2.45. The van der Waals surface area contributed by atoms with Gasteiger partial charge < -0.3 is 19.5 Å². The summed E-state index contributed by atoms with van der Waals surface area (Å²) in [6.45, 7) is 5.54. The van der Waals surface area contributed by atoms with Crippen molar-refractivity contribution in [3.05, 3.63) is 29.6 Å².